The highest BCUT2D eigenvalue weighted by atomic mass is 16.5. The number of carbonyl (C=O) groups excluding carboxylic acids is 2. The summed E-state index contributed by atoms with van der Waals surface area (Å²) < 4.78 is 8.91. The summed E-state index contributed by atoms with van der Waals surface area (Å²) in [5, 5.41) is 25.2. The van der Waals surface area contributed by atoms with E-state index in [1.165, 1.54) is 11.3 Å². The second-order valence-electron chi connectivity index (χ2n) is 19.6. The van der Waals surface area contributed by atoms with E-state index in [0.717, 1.165) is 58.9 Å². The summed E-state index contributed by atoms with van der Waals surface area (Å²) >= 11 is 0. The largest absolute Gasteiger partial charge is 0.392 e. The molecular weight excluding hydrogens is 673 g/mol. The van der Waals surface area contributed by atoms with Gasteiger partial charge < -0.3 is 24.4 Å². The number of hydrogen-bond donors (Lipinski definition) is 2. The molecule has 1 amide bonds. The van der Waals surface area contributed by atoms with Gasteiger partial charge in [-0.1, -0.05) is 57.2 Å². The molecule has 0 saturated heterocycles. The molecule has 0 bridgehead atoms. The molecule has 0 spiro atoms. The van der Waals surface area contributed by atoms with Crippen LogP contribution in [-0.4, -0.2) is 62.8 Å². The number of nitrogens with zero attached hydrogens (tertiary/aromatic N) is 2. The average molecular weight is 733 g/mol. The van der Waals surface area contributed by atoms with Crippen molar-refractivity contribution in [3.8, 4) is 0 Å². The zero-order valence-electron chi connectivity index (χ0n) is 34.1. The maximum Gasteiger partial charge on any atom is 0.249 e. The van der Waals surface area contributed by atoms with E-state index in [4.69, 9.17) is 4.74 Å². The van der Waals surface area contributed by atoms with Crippen molar-refractivity contribution in [1.82, 2.24) is 9.47 Å². The molecule has 1 aromatic heterocycles. The normalized spacial score (nSPS) is 37.1. The monoisotopic (exact) mass is 732 g/mol. The van der Waals surface area contributed by atoms with E-state index in [-0.39, 0.29) is 34.4 Å². The molecule has 4 aliphatic carbocycles. The molecule has 54 heavy (non-hydrogen) atoms. The smallest absolute Gasteiger partial charge is 0.249 e. The van der Waals surface area contributed by atoms with Gasteiger partial charge in [-0.25, -0.2) is 0 Å². The van der Waals surface area contributed by atoms with Gasteiger partial charge >= 0.3 is 0 Å². The van der Waals surface area contributed by atoms with Crippen LogP contribution in [0.1, 0.15) is 132 Å². The number of aromatic nitrogens is 1. The lowest BCUT2D eigenvalue weighted by molar-refractivity contribution is -0.144. The van der Waals surface area contributed by atoms with Gasteiger partial charge in [0.2, 0.25) is 5.91 Å². The lowest BCUT2D eigenvalue weighted by Gasteiger charge is -2.64. The van der Waals surface area contributed by atoms with Gasteiger partial charge in [0.25, 0.3) is 0 Å². The highest BCUT2D eigenvalue weighted by molar-refractivity contribution is 6.18. The van der Waals surface area contributed by atoms with Crippen LogP contribution in [0, 0.1) is 28.6 Å². The van der Waals surface area contributed by atoms with Crippen LogP contribution < -0.4 is 0 Å². The summed E-state index contributed by atoms with van der Waals surface area (Å²) in [6, 6.07) is 1.77. The molecule has 2 N–H and O–H groups in total. The quantitative estimate of drug-likeness (QED) is 0.176. The molecule has 0 radical (unpaired) electrons. The number of allylic oxidation sites excluding steroid dienone is 4. The van der Waals surface area contributed by atoms with E-state index >= 15 is 0 Å². The first kappa shape index (κ1) is 37.4. The van der Waals surface area contributed by atoms with Gasteiger partial charge in [-0.2, -0.15) is 0 Å². The van der Waals surface area contributed by atoms with E-state index in [0.29, 0.717) is 29.9 Å². The van der Waals surface area contributed by atoms with Crippen molar-refractivity contribution in [2.24, 2.45) is 28.6 Å². The predicted molar refractivity (Wildman–Crippen MR) is 215 cm³/mol. The Bertz CT molecular complexity index is 2140. The first-order valence-electron chi connectivity index (χ1n) is 20.1. The highest BCUT2D eigenvalue weighted by Gasteiger charge is 2.67. The number of Topliss-reactive ketones (excluding diaryl/α,β-unsaturated/α-hetero) is 1. The van der Waals surface area contributed by atoms with Gasteiger partial charge in [0.1, 0.15) is 6.04 Å². The van der Waals surface area contributed by atoms with Crippen molar-refractivity contribution in [2.75, 3.05) is 14.1 Å². The molecule has 2 unspecified atom stereocenters. The maximum atomic E-state index is 14.9. The summed E-state index contributed by atoms with van der Waals surface area (Å²) in [6.45, 7) is 25.6. The van der Waals surface area contributed by atoms with Crippen molar-refractivity contribution in [1.29, 1.82) is 0 Å². The van der Waals surface area contributed by atoms with Gasteiger partial charge in [0.05, 0.1) is 34.5 Å². The Balaban J connectivity index is 1.32. The van der Waals surface area contributed by atoms with E-state index in [2.05, 4.69) is 84.4 Å². The lowest BCUT2D eigenvalue weighted by atomic mass is 9.40. The van der Waals surface area contributed by atoms with Gasteiger partial charge in [-0.05, 0) is 119 Å². The topological polar surface area (TPSA) is 92.0 Å². The van der Waals surface area contributed by atoms with E-state index in [1.807, 2.05) is 19.1 Å². The molecule has 9 atom stereocenters. The highest BCUT2D eigenvalue weighted by Crippen LogP contribution is 2.71. The van der Waals surface area contributed by atoms with Crippen molar-refractivity contribution in [3.05, 3.63) is 88.7 Å². The number of amides is 1. The number of rotatable bonds is 6. The zero-order chi connectivity index (χ0) is 39.2. The van der Waals surface area contributed by atoms with Gasteiger partial charge in [-0.15, -0.1) is 6.58 Å². The summed E-state index contributed by atoms with van der Waals surface area (Å²) in [7, 11) is 3.52. The fourth-order valence-corrected chi connectivity index (χ4v) is 13.1. The molecule has 7 heteroatoms. The first-order valence-corrected chi connectivity index (χ1v) is 20.1. The molecule has 8 rings (SSSR count). The van der Waals surface area contributed by atoms with Gasteiger partial charge in [0.15, 0.2) is 5.78 Å². The van der Waals surface area contributed by atoms with Crippen LogP contribution in [0.15, 0.2) is 60.8 Å². The average Bonchev–Trinajstić information content (AvgIpc) is 3.74. The van der Waals surface area contributed by atoms with Crippen molar-refractivity contribution in [2.45, 2.75) is 129 Å². The standard InChI is InChI=1S/C47H60N2O5/c1-13-15-26(42(53)48(11)12)16-14-20-45(8)32-18-17-27-22-30-29-23-28-31-24-43(4,5)54-44(6,7)36(31)39(51)34(28)35-38(29)49(37(25(2)3)40(35)52)41(30)47(27,10)46(32,9)21-19-33(45)50/h13-14,16,20,23-24,27,32-33,36-37,39,50-51H,1-2,15,17-19,21-22H2,3-12H3/b20-14+,26-16+/t27?,32-,33-,36?,37-,39+,45-,46-,47+/m0/s1. The van der Waals surface area contributed by atoms with Crippen LogP contribution in [0.2, 0.25) is 0 Å². The SMILES string of the molecule is C=CC/C(=C\C=C\[C@]1(C)[C@@H](O)CC[C@@]2(C)[C@H]1CCC1Cc3c(n4c5c(c6c(cc35)C3=CC(C)(C)OC(C)(C)C3[C@@H]6O)C(=O)[C@@H]4C(=C)C)[C@@]12C)C(=O)N(C)C. The Hall–Kier alpha value is -3.52. The zero-order valence-corrected chi connectivity index (χ0v) is 34.1. The van der Waals surface area contributed by atoms with Crippen molar-refractivity contribution >= 4 is 28.2 Å². The Morgan fingerprint density at radius 3 is 2.44 bits per heavy atom. The molecule has 288 valence electrons. The van der Waals surface area contributed by atoms with E-state index < -0.39 is 34.9 Å². The Morgan fingerprint density at radius 2 is 1.80 bits per heavy atom. The third kappa shape index (κ3) is 4.64. The number of carbonyl (C=O) groups is 2. The predicted octanol–water partition coefficient (Wildman–Crippen LogP) is 8.74. The number of benzene rings is 1. The second-order valence-corrected chi connectivity index (χ2v) is 19.6. The number of aliphatic hydroxyl groups excluding tert-OH is 2. The Morgan fingerprint density at radius 1 is 1.09 bits per heavy atom. The number of ketones is 1. The van der Waals surface area contributed by atoms with Crippen LogP contribution in [0.4, 0.5) is 0 Å². The minimum Gasteiger partial charge on any atom is -0.392 e. The van der Waals surface area contributed by atoms with Crippen LogP contribution in [0.25, 0.3) is 16.5 Å². The van der Waals surface area contributed by atoms with Crippen LogP contribution >= 0.6 is 0 Å². The fraction of sp³-hybridized carbons (Fsp3) is 0.574. The van der Waals surface area contributed by atoms with Gasteiger partial charge in [-0.3, -0.25) is 9.59 Å². The summed E-state index contributed by atoms with van der Waals surface area (Å²) in [5.74, 6) is 0.259. The molecule has 7 nitrogen and oxygen atoms in total. The fourth-order valence-electron chi connectivity index (χ4n) is 13.1. The minimum atomic E-state index is -0.857. The second kappa shape index (κ2) is 11.8. The molecule has 3 heterocycles. The summed E-state index contributed by atoms with van der Waals surface area (Å²) in [6.07, 6.45) is 13.6. The van der Waals surface area contributed by atoms with Crippen LogP contribution in [-0.2, 0) is 21.4 Å². The molecule has 2 fully saturated rings. The molecule has 2 aliphatic heterocycles. The lowest BCUT2D eigenvalue weighted by Crippen LogP contribution is -2.62. The van der Waals surface area contributed by atoms with E-state index in [9.17, 15) is 19.8 Å². The number of ether oxygens (including phenoxy) is 1. The molecule has 6 aliphatic rings. The third-order valence-corrected chi connectivity index (χ3v) is 15.4. The summed E-state index contributed by atoms with van der Waals surface area (Å²) in [4.78, 5) is 29.5. The number of fused-ring (bicyclic) bond motifs is 11. The molecular formula is C47H60N2O5. The number of likely N-dealkylation sites (N-methyl/N-ethyl adjacent to an activating group) is 1. The first-order chi connectivity index (χ1) is 25.2. The Kier molecular flexibility index (Phi) is 8.14. The number of hydrogen-bond acceptors (Lipinski definition) is 5. The minimum absolute atomic E-state index is 0.0317. The van der Waals surface area contributed by atoms with Crippen LogP contribution in [0.3, 0.4) is 0 Å². The van der Waals surface area contributed by atoms with Crippen LogP contribution in [0.5, 0.6) is 0 Å². The molecule has 2 saturated carbocycles. The molecule has 1 aromatic carbocycles. The maximum absolute atomic E-state index is 14.9. The van der Waals surface area contributed by atoms with Gasteiger partial charge in [0, 0.05) is 53.1 Å². The molecule has 2 aromatic rings. The number of aliphatic hydroxyl groups is 2. The Labute approximate surface area is 321 Å². The van der Waals surface area contributed by atoms with E-state index in [1.54, 1.807) is 25.1 Å². The van der Waals surface area contributed by atoms with Crippen molar-refractivity contribution < 1.29 is 24.5 Å². The van der Waals surface area contributed by atoms with Crippen molar-refractivity contribution in [3.63, 3.8) is 0 Å². The third-order valence-electron chi connectivity index (χ3n) is 15.4. The summed E-state index contributed by atoms with van der Waals surface area (Å²) in [5.41, 5.74) is 6.39.